The van der Waals surface area contributed by atoms with Gasteiger partial charge in [-0.15, -0.1) is 0 Å². The van der Waals surface area contributed by atoms with Crippen molar-refractivity contribution in [1.82, 2.24) is 15.1 Å². The van der Waals surface area contributed by atoms with Gasteiger partial charge >= 0.3 is 5.97 Å². The summed E-state index contributed by atoms with van der Waals surface area (Å²) in [7, 11) is 0. The Morgan fingerprint density at radius 2 is 2.31 bits per heavy atom. The number of aryl methyl sites for hydroxylation is 2. The van der Waals surface area contributed by atoms with E-state index in [1.165, 1.54) is 0 Å². The van der Waals surface area contributed by atoms with Crippen LogP contribution in [0.4, 0.5) is 0 Å². The predicted molar refractivity (Wildman–Crippen MR) is 52.9 cm³/mol. The van der Waals surface area contributed by atoms with E-state index < -0.39 is 5.97 Å². The minimum Gasteiger partial charge on any atom is -0.475 e. The molecule has 0 atom stereocenters. The molecule has 0 aromatic carbocycles. The third-order valence-electron chi connectivity index (χ3n) is 2.01. The molecule has 1 N–H and O–H groups in total. The van der Waals surface area contributed by atoms with Gasteiger partial charge in [-0.1, -0.05) is 6.07 Å². The van der Waals surface area contributed by atoms with E-state index in [9.17, 15) is 4.79 Å². The first-order chi connectivity index (χ1) is 7.75. The smallest absolute Gasteiger partial charge is 0.377 e. The first kappa shape index (κ1) is 10.3. The van der Waals surface area contributed by atoms with Crippen LogP contribution in [0.15, 0.2) is 29.0 Å². The number of rotatable bonds is 4. The van der Waals surface area contributed by atoms with Gasteiger partial charge < -0.3 is 9.63 Å². The molecule has 2 rings (SSSR count). The maximum atomic E-state index is 10.5. The average Bonchev–Trinajstić information content (AvgIpc) is 2.76. The number of nitrogens with zero attached hydrogens (tertiary/aromatic N) is 3. The van der Waals surface area contributed by atoms with Gasteiger partial charge in [0.1, 0.15) is 0 Å². The van der Waals surface area contributed by atoms with Gasteiger partial charge in [0.15, 0.2) is 0 Å². The van der Waals surface area contributed by atoms with Gasteiger partial charge in [-0.25, -0.2) is 4.79 Å². The number of aromatic nitrogens is 3. The molecule has 2 aromatic heterocycles. The van der Waals surface area contributed by atoms with Crippen molar-refractivity contribution < 1.29 is 14.4 Å². The third kappa shape index (κ3) is 2.41. The molecule has 0 unspecified atom stereocenters. The van der Waals surface area contributed by atoms with Gasteiger partial charge in [-0.2, -0.15) is 4.98 Å². The second-order valence-corrected chi connectivity index (χ2v) is 3.18. The fourth-order valence-corrected chi connectivity index (χ4v) is 1.24. The summed E-state index contributed by atoms with van der Waals surface area (Å²) < 4.78 is 4.79. The molecule has 0 amide bonds. The molecule has 0 bridgehead atoms. The Hall–Kier alpha value is -2.24. The molecule has 0 fully saturated rings. The topological polar surface area (TPSA) is 89.1 Å². The van der Waals surface area contributed by atoms with E-state index in [0.717, 1.165) is 5.56 Å². The van der Waals surface area contributed by atoms with Gasteiger partial charge in [0, 0.05) is 18.8 Å². The Morgan fingerprint density at radius 1 is 1.44 bits per heavy atom. The van der Waals surface area contributed by atoms with Crippen molar-refractivity contribution in [2.24, 2.45) is 0 Å². The zero-order valence-corrected chi connectivity index (χ0v) is 8.33. The molecule has 0 radical (unpaired) electrons. The van der Waals surface area contributed by atoms with Gasteiger partial charge in [-0.05, 0) is 23.2 Å². The molecule has 82 valence electrons. The Balaban J connectivity index is 1.97. The quantitative estimate of drug-likeness (QED) is 0.823. The molecule has 0 saturated heterocycles. The van der Waals surface area contributed by atoms with Crippen molar-refractivity contribution >= 4 is 5.97 Å². The number of carbonyl (C=O) groups is 1. The highest BCUT2D eigenvalue weighted by Crippen LogP contribution is 2.04. The average molecular weight is 219 g/mol. The summed E-state index contributed by atoms with van der Waals surface area (Å²) in [5.41, 5.74) is 1.04. The highest BCUT2D eigenvalue weighted by atomic mass is 16.5. The Bertz CT molecular complexity index is 481. The molecule has 0 spiro atoms. The third-order valence-corrected chi connectivity index (χ3v) is 2.01. The lowest BCUT2D eigenvalue weighted by Crippen LogP contribution is -1.99. The minimum atomic E-state index is -1.18. The van der Waals surface area contributed by atoms with E-state index in [-0.39, 0.29) is 5.82 Å². The lowest BCUT2D eigenvalue weighted by Gasteiger charge is -1.95. The van der Waals surface area contributed by atoms with Gasteiger partial charge in [0.05, 0.1) is 0 Å². The first-order valence-corrected chi connectivity index (χ1v) is 4.70. The standard InChI is InChI=1S/C10H9N3O3/c14-10(15)9-12-8(16-13-9)4-3-7-2-1-5-11-6-7/h1-2,5-6H,3-4H2,(H,14,15). The largest absolute Gasteiger partial charge is 0.475 e. The number of carboxylic acids is 1. The zero-order chi connectivity index (χ0) is 11.4. The first-order valence-electron chi connectivity index (χ1n) is 4.70. The molecule has 0 saturated carbocycles. The minimum absolute atomic E-state index is 0.304. The van der Waals surface area contributed by atoms with Crippen molar-refractivity contribution in [3.05, 3.63) is 41.8 Å². The fraction of sp³-hybridized carbons (Fsp3) is 0.200. The van der Waals surface area contributed by atoms with Crippen molar-refractivity contribution in [3.8, 4) is 0 Å². The summed E-state index contributed by atoms with van der Waals surface area (Å²) in [6.45, 7) is 0. The summed E-state index contributed by atoms with van der Waals surface area (Å²) in [5.74, 6) is -1.17. The lowest BCUT2D eigenvalue weighted by atomic mass is 10.1. The van der Waals surface area contributed by atoms with Crippen LogP contribution in [0.25, 0.3) is 0 Å². The van der Waals surface area contributed by atoms with E-state index in [4.69, 9.17) is 9.63 Å². The summed E-state index contributed by atoms with van der Waals surface area (Å²) >= 11 is 0. The van der Waals surface area contributed by atoms with E-state index in [0.29, 0.717) is 18.7 Å². The number of hydrogen-bond acceptors (Lipinski definition) is 5. The molecule has 0 aliphatic heterocycles. The van der Waals surface area contributed by atoms with Crippen LogP contribution in [-0.4, -0.2) is 26.2 Å². The molecule has 6 nitrogen and oxygen atoms in total. The number of carboxylic acid groups (broad SMARTS) is 1. The summed E-state index contributed by atoms with van der Waals surface area (Å²) in [5, 5.41) is 11.9. The van der Waals surface area contributed by atoms with Crippen molar-refractivity contribution in [3.63, 3.8) is 0 Å². The zero-order valence-electron chi connectivity index (χ0n) is 8.33. The molecular formula is C10H9N3O3. The van der Waals surface area contributed by atoms with E-state index in [1.807, 2.05) is 12.1 Å². The van der Waals surface area contributed by atoms with Crippen molar-refractivity contribution in [2.75, 3.05) is 0 Å². The van der Waals surface area contributed by atoms with Crippen LogP contribution in [-0.2, 0) is 12.8 Å². The van der Waals surface area contributed by atoms with Crippen LogP contribution >= 0.6 is 0 Å². The molecule has 0 aliphatic carbocycles. The van der Waals surface area contributed by atoms with Gasteiger partial charge in [0.25, 0.3) is 5.82 Å². The maximum absolute atomic E-state index is 10.5. The maximum Gasteiger partial charge on any atom is 0.377 e. The Labute approximate surface area is 90.9 Å². The van der Waals surface area contributed by atoms with Crippen molar-refractivity contribution in [1.29, 1.82) is 0 Å². The fourth-order valence-electron chi connectivity index (χ4n) is 1.24. The van der Waals surface area contributed by atoms with Crippen LogP contribution in [0.3, 0.4) is 0 Å². The number of aromatic carboxylic acids is 1. The highest BCUT2D eigenvalue weighted by molar-refractivity contribution is 5.82. The van der Waals surface area contributed by atoms with E-state index in [2.05, 4.69) is 15.1 Å². The molecule has 6 heteroatoms. The van der Waals surface area contributed by atoms with Crippen LogP contribution in [0.1, 0.15) is 22.1 Å². The van der Waals surface area contributed by atoms with Crippen LogP contribution in [0.2, 0.25) is 0 Å². The molecule has 0 aliphatic rings. The van der Waals surface area contributed by atoms with Gasteiger partial charge in [0.2, 0.25) is 5.89 Å². The van der Waals surface area contributed by atoms with E-state index >= 15 is 0 Å². The normalized spacial score (nSPS) is 10.2. The molecule has 16 heavy (non-hydrogen) atoms. The highest BCUT2D eigenvalue weighted by Gasteiger charge is 2.12. The number of pyridine rings is 1. The van der Waals surface area contributed by atoms with E-state index in [1.54, 1.807) is 12.4 Å². The Morgan fingerprint density at radius 3 is 2.94 bits per heavy atom. The molecular weight excluding hydrogens is 210 g/mol. The summed E-state index contributed by atoms with van der Waals surface area (Å²) in [6.07, 6.45) is 4.63. The second-order valence-electron chi connectivity index (χ2n) is 3.18. The summed E-state index contributed by atoms with van der Waals surface area (Å²) in [4.78, 5) is 18.2. The van der Waals surface area contributed by atoms with Crippen molar-refractivity contribution in [2.45, 2.75) is 12.8 Å². The lowest BCUT2D eigenvalue weighted by molar-refractivity contribution is 0.0680. The second kappa shape index (κ2) is 4.52. The number of hydrogen-bond donors (Lipinski definition) is 1. The van der Waals surface area contributed by atoms with Gasteiger partial charge in [-0.3, -0.25) is 4.98 Å². The summed E-state index contributed by atoms with van der Waals surface area (Å²) in [6, 6.07) is 3.77. The van der Waals surface area contributed by atoms with Crippen LogP contribution < -0.4 is 0 Å². The SMILES string of the molecule is O=C(O)c1noc(CCc2cccnc2)n1. The van der Waals surface area contributed by atoms with Crippen LogP contribution in [0, 0.1) is 0 Å². The molecule has 2 heterocycles. The van der Waals surface area contributed by atoms with Crippen LogP contribution in [0.5, 0.6) is 0 Å². The predicted octanol–water partition coefficient (Wildman–Crippen LogP) is 0.948. The Kier molecular flexibility index (Phi) is 2.90. The monoisotopic (exact) mass is 219 g/mol. The molecule has 2 aromatic rings.